The summed E-state index contributed by atoms with van der Waals surface area (Å²) in [5.74, 6) is 0.216. The molecular weight excluding hydrogens is 228 g/mol. The van der Waals surface area contributed by atoms with Gasteiger partial charge in [-0.05, 0) is 38.5 Å². The Morgan fingerprint density at radius 1 is 1.06 bits per heavy atom. The molecule has 1 heterocycles. The Hall–Kier alpha value is -1.41. The van der Waals surface area contributed by atoms with Crippen molar-refractivity contribution >= 4 is 17.1 Å². The first kappa shape index (κ1) is 12.1. The fourth-order valence-corrected chi connectivity index (χ4v) is 2.83. The lowest BCUT2D eigenvalue weighted by molar-refractivity contribution is 0.0997. The number of ketones is 1. The van der Waals surface area contributed by atoms with Crippen molar-refractivity contribution in [1.29, 1.82) is 0 Å². The smallest absolute Gasteiger partial charge is 0.177 e. The van der Waals surface area contributed by atoms with Crippen LogP contribution in [-0.2, 0) is 6.42 Å². The minimum atomic E-state index is 0.216. The van der Waals surface area contributed by atoms with E-state index in [1.54, 1.807) is 11.3 Å². The number of Topliss-reactive ketones (excluding diaryl/α,β-unsaturated/α-hetero) is 1. The zero-order valence-electron chi connectivity index (χ0n) is 10.4. The number of hydrogen-bond acceptors (Lipinski definition) is 2. The summed E-state index contributed by atoms with van der Waals surface area (Å²) in [6.07, 6.45) is 0.502. The van der Waals surface area contributed by atoms with Crippen LogP contribution >= 0.6 is 11.3 Å². The van der Waals surface area contributed by atoms with Gasteiger partial charge in [0.15, 0.2) is 5.78 Å². The lowest BCUT2D eigenvalue weighted by atomic mass is 10.0. The average Bonchev–Trinajstić information content (AvgIpc) is 2.63. The fraction of sp³-hybridized carbons (Fsp3) is 0.267. The molecule has 0 atom stereocenters. The summed E-state index contributed by atoms with van der Waals surface area (Å²) in [6.45, 7) is 6.16. The van der Waals surface area contributed by atoms with E-state index < -0.39 is 0 Å². The summed E-state index contributed by atoms with van der Waals surface area (Å²) in [7, 11) is 0. The molecule has 2 heteroatoms. The van der Waals surface area contributed by atoms with Crippen molar-refractivity contribution in [3.8, 4) is 0 Å². The maximum Gasteiger partial charge on any atom is 0.177 e. The van der Waals surface area contributed by atoms with Crippen LogP contribution in [0.15, 0.2) is 30.3 Å². The van der Waals surface area contributed by atoms with Gasteiger partial charge in [0.2, 0.25) is 0 Å². The van der Waals surface area contributed by atoms with Gasteiger partial charge in [0.1, 0.15) is 0 Å². The Kier molecular flexibility index (Phi) is 3.43. The highest BCUT2D eigenvalue weighted by molar-refractivity contribution is 7.14. The van der Waals surface area contributed by atoms with E-state index in [4.69, 9.17) is 0 Å². The highest BCUT2D eigenvalue weighted by Gasteiger charge is 2.09. The van der Waals surface area contributed by atoms with Crippen molar-refractivity contribution in [1.82, 2.24) is 0 Å². The summed E-state index contributed by atoms with van der Waals surface area (Å²) < 4.78 is 0. The highest BCUT2D eigenvalue weighted by atomic mass is 32.1. The van der Waals surface area contributed by atoms with Gasteiger partial charge in [0, 0.05) is 11.3 Å². The third-order valence-corrected chi connectivity index (χ3v) is 3.70. The molecule has 0 unspecified atom stereocenters. The van der Waals surface area contributed by atoms with Crippen LogP contribution in [0, 0.1) is 20.8 Å². The molecule has 0 saturated heterocycles. The second-order valence-electron chi connectivity index (χ2n) is 4.51. The van der Waals surface area contributed by atoms with Crippen molar-refractivity contribution in [3.05, 3.63) is 56.8 Å². The molecule has 17 heavy (non-hydrogen) atoms. The van der Waals surface area contributed by atoms with E-state index in [1.807, 2.05) is 19.1 Å². The lowest BCUT2D eigenvalue weighted by Gasteiger charge is -2.03. The predicted octanol–water partition coefficient (Wildman–Crippen LogP) is 4.10. The molecule has 0 aliphatic rings. The number of rotatable bonds is 3. The fourth-order valence-electron chi connectivity index (χ4n) is 2.03. The van der Waals surface area contributed by atoms with Crippen molar-refractivity contribution in [3.63, 3.8) is 0 Å². The largest absolute Gasteiger partial charge is 0.293 e. The number of carbonyl (C=O) groups is 1. The minimum absolute atomic E-state index is 0.216. The van der Waals surface area contributed by atoms with E-state index >= 15 is 0 Å². The van der Waals surface area contributed by atoms with Crippen LogP contribution in [0.2, 0.25) is 0 Å². The van der Waals surface area contributed by atoms with Gasteiger partial charge in [-0.3, -0.25) is 4.79 Å². The molecule has 0 aliphatic carbocycles. The van der Waals surface area contributed by atoms with Crippen LogP contribution in [0.25, 0.3) is 0 Å². The van der Waals surface area contributed by atoms with Gasteiger partial charge in [0.05, 0.1) is 4.88 Å². The summed E-state index contributed by atoms with van der Waals surface area (Å²) in [4.78, 5) is 14.1. The monoisotopic (exact) mass is 244 g/mol. The second-order valence-corrected chi connectivity index (χ2v) is 5.79. The molecule has 0 fully saturated rings. The molecule has 2 aromatic rings. The lowest BCUT2D eigenvalue weighted by Crippen LogP contribution is -2.01. The SMILES string of the molecule is Cc1cc(C)cc(CC(=O)c2ccc(C)s2)c1. The average molecular weight is 244 g/mol. The van der Waals surface area contributed by atoms with Crippen LogP contribution in [0.1, 0.15) is 31.2 Å². The Bertz CT molecular complexity index is 532. The maximum atomic E-state index is 12.1. The number of aryl methyl sites for hydroxylation is 3. The number of thiophene rings is 1. The predicted molar refractivity (Wildman–Crippen MR) is 73.0 cm³/mol. The zero-order chi connectivity index (χ0) is 12.4. The van der Waals surface area contributed by atoms with Gasteiger partial charge in [-0.25, -0.2) is 0 Å². The topological polar surface area (TPSA) is 17.1 Å². The molecule has 88 valence electrons. The molecule has 0 aliphatic heterocycles. The summed E-state index contributed by atoms with van der Waals surface area (Å²) >= 11 is 1.57. The molecule has 0 spiro atoms. The Labute approximate surface area is 106 Å². The summed E-state index contributed by atoms with van der Waals surface area (Å²) in [6, 6.07) is 10.2. The Morgan fingerprint density at radius 3 is 2.24 bits per heavy atom. The van der Waals surface area contributed by atoms with E-state index in [1.165, 1.54) is 16.0 Å². The molecule has 0 bridgehead atoms. The van der Waals surface area contributed by atoms with Crippen LogP contribution in [-0.4, -0.2) is 5.78 Å². The second kappa shape index (κ2) is 4.84. The van der Waals surface area contributed by atoms with E-state index in [0.717, 1.165) is 10.4 Å². The number of carbonyl (C=O) groups excluding carboxylic acids is 1. The van der Waals surface area contributed by atoms with Crippen LogP contribution in [0.5, 0.6) is 0 Å². The van der Waals surface area contributed by atoms with Gasteiger partial charge >= 0.3 is 0 Å². The van der Waals surface area contributed by atoms with E-state index in [-0.39, 0.29) is 5.78 Å². The van der Waals surface area contributed by atoms with Gasteiger partial charge in [-0.1, -0.05) is 29.3 Å². The zero-order valence-corrected chi connectivity index (χ0v) is 11.2. The quantitative estimate of drug-likeness (QED) is 0.743. The molecule has 0 amide bonds. The molecular formula is C15H16OS. The van der Waals surface area contributed by atoms with Crippen molar-refractivity contribution in [2.75, 3.05) is 0 Å². The highest BCUT2D eigenvalue weighted by Crippen LogP contribution is 2.18. The Balaban J connectivity index is 2.18. The van der Waals surface area contributed by atoms with Crippen molar-refractivity contribution in [2.24, 2.45) is 0 Å². The number of benzene rings is 1. The normalized spacial score (nSPS) is 10.5. The van der Waals surface area contributed by atoms with Crippen molar-refractivity contribution < 1.29 is 4.79 Å². The molecule has 1 nitrogen and oxygen atoms in total. The molecule has 0 radical (unpaired) electrons. The minimum Gasteiger partial charge on any atom is -0.293 e. The first-order valence-electron chi connectivity index (χ1n) is 5.71. The molecule has 0 N–H and O–H groups in total. The van der Waals surface area contributed by atoms with Crippen LogP contribution < -0.4 is 0 Å². The molecule has 1 aromatic heterocycles. The van der Waals surface area contributed by atoms with Crippen LogP contribution in [0.3, 0.4) is 0 Å². The number of hydrogen-bond donors (Lipinski definition) is 0. The van der Waals surface area contributed by atoms with Crippen molar-refractivity contribution in [2.45, 2.75) is 27.2 Å². The summed E-state index contributed by atoms with van der Waals surface area (Å²) in [5.41, 5.74) is 3.55. The van der Waals surface area contributed by atoms with Crippen LogP contribution in [0.4, 0.5) is 0 Å². The third-order valence-electron chi connectivity index (χ3n) is 2.66. The first-order valence-corrected chi connectivity index (χ1v) is 6.53. The van der Waals surface area contributed by atoms with E-state index in [9.17, 15) is 4.79 Å². The van der Waals surface area contributed by atoms with Gasteiger partial charge < -0.3 is 0 Å². The van der Waals surface area contributed by atoms with Gasteiger partial charge in [-0.15, -0.1) is 11.3 Å². The molecule has 2 rings (SSSR count). The summed E-state index contributed by atoms with van der Waals surface area (Å²) in [5, 5.41) is 0. The Morgan fingerprint density at radius 2 is 1.71 bits per heavy atom. The van der Waals surface area contributed by atoms with E-state index in [2.05, 4.69) is 32.0 Å². The standard InChI is InChI=1S/C15H16OS/c1-10-6-11(2)8-13(7-10)9-14(16)15-5-4-12(3)17-15/h4-8H,9H2,1-3H3. The molecule has 1 aromatic carbocycles. The molecule has 0 saturated carbocycles. The first-order chi connectivity index (χ1) is 8.04. The third kappa shape index (κ3) is 3.04. The van der Waals surface area contributed by atoms with Gasteiger partial charge in [0.25, 0.3) is 0 Å². The van der Waals surface area contributed by atoms with E-state index in [0.29, 0.717) is 6.42 Å². The maximum absolute atomic E-state index is 12.1. The van der Waals surface area contributed by atoms with Gasteiger partial charge in [-0.2, -0.15) is 0 Å².